The highest BCUT2D eigenvalue weighted by atomic mass is 16.1. The van der Waals surface area contributed by atoms with Gasteiger partial charge in [-0.1, -0.05) is 6.58 Å². The number of amides is 1. The minimum absolute atomic E-state index is 0.585. The Balaban J connectivity index is 3.06. The zero-order chi connectivity index (χ0) is 6.24. The van der Waals surface area contributed by atoms with Crippen LogP contribution in [0.1, 0.15) is 0 Å². The van der Waals surface area contributed by atoms with Crippen molar-refractivity contribution >= 4 is 6.41 Å². The average Bonchev–Trinajstić information content (AvgIpc) is 1.81. The van der Waals surface area contributed by atoms with E-state index in [0.29, 0.717) is 6.41 Å². The van der Waals surface area contributed by atoms with Gasteiger partial charge in [-0.2, -0.15) is 0 Å². The first-order valence-electron chi connectivity index (χ1n) is 2.13. The SMILES string of the molecule is C=CNC=CNC=O. The van der Waals surface area contributed by atoms with Crippen molar-refractivity contribution in [1.29, 1.82) is 0 Å². The largest absolute Gasteiger partial charge is 0.367 e. The van der Waals surface area contributed by atoms with Gasteiger partial charge in [-0.25, -0.2) is 0 Å². The minimum atomic E-state index is 0.585. The Morgan fingerprint density at radius 2 is 1.88 bits per heavy atom. The molecule has 0 saturated heterocycles. The standard InChI is InChI=1S/C5H8N2O/c1-2-6-3-4-7-5-8/h2-6H,1H2,(H,7,8). The number of nitrogens with one attached hydrogen (secondary N) is 2. The molecule has 0 aromatic carbocycles. The van der Waals surface area contributed by atoms with Crippen molar-refractivity contribution < 1.29 is 4.79 Å². The first-order valence-corrected chi connectivity index (χ1v) is 2.13. The van der Waals surface area contributed by atoms with Gasteiger partial charge in [-0.15, -0.1) is 0 Å². The molecule has 8 heavy (non-hydrogen) atoms. The van der Waals surface area contributed by atoms with E-state index >= 15 is 0 Å². The molecular weight excluding hydrogens is 104 g/mol. The normalized spacial score (nSPS) is 8.50. The van der Waals surface area contributed by atoms with Gasteiger partial charge in [0, 0.05) is 12.4 Å². The molecule has 0 aliphatic rings. The average molecular weight is 112 g/mol. The van der Waals surface area contributed by atoms with Gasteiger partial charge in [0.25, 0.3) is 0 Å². The number of carbonyl (C=O) groups is 1. The second-order valence-corrected chi connectivity index (χ2v) is 0.989. The zero-order valence-electron chi connectivity index (χ0n) is 4.42. The molecule has 0 aromatic rings. The molecule has 0 aromatic heterocycles. The summed E-state index contributed by atoms with van der Waals surface area (Å²) >= 11 is 0. The monoisotopic (exact) mass is 112 g/mol. The van der Waals surface area contributed by atoms with Crippen molar-refractivity contribution in [3.8, 4) is 0 Å². The molecule has 0 atom stereocenters. The predicted octanol–water partition coefficient (Wildman–Crippen LogP) is -0.0633. The van der Waals surface area contributed by atoms with Crippen molar-refractivity contribution in [3.63, 3.8) is 0 Å². The van der Waals surface area contributed by atoms with Crippen LogP contribution in [0.25, 0.3) is 0 Å². The van der Waals surface area contributed by atoms with Crippen LogP contribution < -0.4 is 10.6 Å². The Kier molecular flexibility index (Phi) is 4.85. The van der Waals surface area contributed by atoms with Gasteiger partial charge in [0.1, 0.15) is 0 Å². The molecule has 1 amide bonds. The lowest BCUT2D eigenvalue weighted by atomic mass is 10.8. The van der Waals surface area contributed by atoms with Gasteiger partial charge in [0.2, 0.25) is 6.41 Å². The van der Waals surface area contributed by atoms with Crippen molar-refractivity contribution in [2.24, 2.45) is 0 Å². The molecule has 0 fully saturated rings. The Labute approximate surface area is 48.1 Å². The van der Waals surface area contributed by atoms with Gasteiger partial charge >= 0.3 is 0 Å². The van der Waals surface area contributed by atoms with Crippen LogP contribution in [0.15, 0.2) is 25.2 Å². The van der Waals surface area contributed by atoms with E-state index in [1.54, 1.807) is 6.20 Å². The van der Waals surface area contributed by atoms with Crippen LogP contribution in [0.2, 0.25) is 0 Å². The summed E-state index contributed by atoms with van der Waals surface area (Å²) in [6, 6.07) is 0. The summed E-state index contributed by atoms with van der Waals surface area (Å²) in [5.41, 5.74) is 0. The summed E-state index contributed by atoms with van der Waals surface area (Å²) in [5, 5.41) is 4.96. The highest BCUT2D eigenvalue weighted by Crippen LogP contribution is 1.56. The topological polar surface area (TPSA) is 41.1 Å². The van der Waals surface area contributed by atoms with Crippen LogP contribution >= 0.6 is 0 Å². The first kappa shape index (κ1) is 6.75. The fourth-order valence-corrected chi connectivity index (χ4v) is 0.204. The van der Waals surface area contributed by atoms with Crippen molar-refractivity contribution in [3.05, 3.63) is 25.2 Å². The van der Waals surface area contributed by atoms with Gasteiger partial charge in [0.15, 0.2) is 0 Å². The van der Waals surface area contributed by atoms with E-state index in [4.69, 9.17) is 0 Å². The summed E-state index contributed by atoms with van der Waals surface area (Å²) in [6.45, 7) is 3.38. The summed E-state index contributed by atoms with van der Waals surface area (Å²) in [5.74, 6) is 0. The van der Waals surface area contributed by atoms with Crippen LogP contribution in [-0.4, -0.2) is 6.41 Å². The zero-order valence-corrected chi connectivity index (χ0v) is 4.42. The Bertz CT molecular complexity index is 86.6. The van der Waals surface area contributed by atoms with E-state index < -0.39 is 0 Å². The van der Waals surface area contributed by atoms with Crippen molar-refractivity contribution in [2.45, 2.75) is 0 Å². The molecule has 3 heteroatoms. The lowest BCUT2D eigenvalue weighted by molar-refractivity contribution is -0.108. The maximum Gasteiger partial charge on any atom is 0.211 e. The third kappa shape index (κ3) is 4.75. The molecule has 0 rings (SSSR count). The predicted molar refractivity (Wildman–Crippen MR) is 31.7 cm³/mol. The van der Waals surface area contributed by atoms with E-state index in [-0.39, 0.29) is 0 Å². The van der Waals surface area contributed by atoms with Crippen LogP contribution in [0, 0.1) is 0 Å². The third-order valence-corrected chi connectivity index (χ3v) is 0.462. The van der Waals surface area contributed by atoms with E-state index in [0.717, 1.165) is 0 Å². The van der Waals surface area contributed by atoms with E-state index in [1.165, 1.54) is 12.4 Å². The third-order valence-electron chi connectivity index (χ3n) is 0.462. The number of rotatable bonds is 4. The van der Waals surface area contributed by atoms with Gasteiger partial charge in [-0.3, -0.25) is 4.79 Å². The summed E-state index contributed by atoms with van der Waals surface area (Å²) in [4.78, 5) is 9.55. The molecule has 0 spiro atoms. The lowest BCUT2D eigenvalue weighted by Gasteiger charge is -1.84. The maximum absolute atomic E-state index is 9.55. The van der Waals surface area contributed by atoms with Crippen LogP contribution in [0.5, 0.6) is 0 Å². The quantitative estimate of drug-likeness (QED) is 0.500. The molecule has 3 nitrogen and oxygen atoms in total. The van der Waals surface area contributed by atoms with Crippen molar-refractivity contribution in [2.75, 3.05) is 0 Å². The Morgan fingerprint density at radius 3 is 2.38 bits per heavy atom. The van der Waals surface area contributed by atoms with Gasteiger partial charge in [0.05, 0.1) is 0 Å². The van der Waals surface area contributed by atoms with E-state index in [9.17, 15) is 4.79 Å². The molecule has 2 N–H and O–H groups in total. The molecule has 44 valence electrons. The van der Waals surface area contributed by atoms with E-state index in [2.05, 4.69) is 17.2 Å². The summed E-state index contributed by atoms with van der Waals surface area (Å²) in [6.07, 6.45) is 5.11. The molecule has 0 aliphatic heterocycles. The summed E-state index contributed by atoms with van der Waals surface area (Å²) in [7, 11) is 0. The molecule has 0 bridgehead atoms. The number of hydrogen-bond acceptors (Lipinski definition) is 2. The number of hydrogen-bond donors (Lipinski definition) is 2. The Morgan fingerprint density at radius 1 is 1.25 bits per heavy atom. The van der Waals surface area contributed by atoms with Crippen molar-refractivity contribution in [1.82, 2.24) is 10.6 Å². The maximum atomic E-state index is 9.55. The second kappa shape index (κ2) is 5.75. The number of carbonyl (C=O) groups excluding carboxylic acids is 1. The Hall–Kier alpha value is -1.25. The molecule has 0 saturated carbocycles. The molecule has 0 radical (unpaired) electrons. The fraction of sp³-hybridized carbons (Fsp3) is 0. The summed E-state index contributed by atoms with van der Waals surface area (Å²) < 4.78 is 0. The molecule has 0 unspecified atom stereocenters. The molecule has 0 aliphatic carbocycles. The van der Waals surface area contributed by atoms with Crippen LogP contribution in [-0.2, 0) is 4.79 Å². The minimum Gasteiger partial charge on any atom is -0.367 e. The highest BCUT2D eigenvalue weighted by Gasteiger charge is 1.61. The second-order valence-electron chi connectivity index (χ2n) is 0.989. The first-order chi connectivity index (χ1) is 3.91. The smallest absolute Gasteiger partial charge is 0.211 e. The fourth-order valence-electron chi connectivity index (χ4n) is 0.204. The lowest BCUT2D eigenvalue weighted by Crippen LogP contribution is -2.01. The van der Waals surface area contributed by atoms with Crippen LogP contribution in [0.3, 0.4) is 0 Å². The van der Waals surface area contributed by atoms with Crippen LogP contribution in [0.4, 0.5) is 0 Å². The van der Waals surface area contributed by atoms with E-state index in [1.807, 2.05) is 0 Å². The molecule has 0 heterocycles. The van der Waals surface area contributed by atoms with Gasteiger partial charge in [-0.05, 0) is 6.20 Å². The highest BCUT2D eigenvalue weighted by molar-refractivity contribution is 5.47. The van der Waals surface area contributed by atoms with Gasteiger partial charge < -0.3 is 10.6 Å². The molecular formula is C5H8N2O.